The summed E-state index contributed by atoms with van der Waals surface area (Å²) in [6.45, 7) is 1.83. The van der Waals surface area contributed by atoms with E-state index in [0.29, 0.717) is 30.6 Å². The molecule has 0 spiro atoms. The molecule has 0 aliphatic rings. The average molecular weight is 311 g/mol. The fraction of sp³-hybridized carbons (Fsp3) is 0.286. The maximum absolute atomic E-state index is 11.6. The molecule has 0 radical (unpaired) electrons. The van der Waals surface area contributed by atoms with Gasteiger partial charge >= 0.3 is 5.97 Å². The highest BCUT2D eigenvalue weighted by Gasteiger charge is 2.07. The van der Waals surface area contributed by atoms with Crippen molar-refractivity contribution < 1.29 is 14.3 Å². The fourth-order valence-electron chi connectivity index (χ4n) is 1.39. The lowest BCUT2D eigenvalue weighted by Crippen LogP contribution is -2.07. The number of ether oxygens (including phenoxy) is 1. The van der Waals surface area contributed by atoms with Gasteiger partial charge in [0.2, 0.25) is 0 Å². The van der Waals surface area contributed by atoms with E-state index in [0.717, 1.165) is 0 Å². The van der Waals surface area contributed by atoms with Crippen LogP contribution in [0.25, 0.3) is 0 Å². The van der Waals surface area contributed by atoms with Crippen molar-refractivity contribution in [2.75, 3.05) is 6.61 Å². The molecule has 0 atom stereocenters. The smallest absolute Gasteiger partial charge is 0.338 e. The van der Waals surface area contributed by atoms with E-state index in [-0.39, 0.29) is 11.8 Å². The Morgan fingerprint density at radius 2 is 1.94 bits per heavy atom. The number of Topliss-reactive ketones (excluding diaryl/α,β-unsaturated/α-hetero) is 1. The topological polar surface area (TPSA) is 43.4 Å². The van der Waals surface area contributed by atoms with Crippen molar-refractivity contribution in [3.8, 4) is 0 Å². The van der Waals surface area contributed by atoms with Crippen LogP contribution in [0, 0.1) is 0 Å². The Bertz CT molecular complexity index is 438. The Morgan fingerprint density at radius 1 is 1.28 bits per heavy atom. The first-order chi connectivity index (χ1) is 8.65. The molecule has 1 aromatic rings. The van der Waals surface area contributed by atoms with Crippen LogP contribution in [0.2, 0.25) is 0 Å². The first-order valence-electron chi connectivity index (χ1n) is 5.67. The van der Waals surface area contributed by atoms with E-state index in [1.54, 1.807) is 29.3 Å². The van der Waals surface area contributed by atoms with Gasteiger partial charge in [-0.15, -0.1) is 0 Å². The van der Waals surface area contributed by atoms with Crippen molar-refractivity contribution in [1.82, 2.24) is 0 Å². The summed E-state index contributed by atoms with van der Waals surface area (Å²) in [4.78, 5) is 24.3. The molecule has 0 fully saturated rings. The van der Waals surface area contributed by atoms with Crippen LogP contribution < -0.4 is 0 Å². The van der Waals surface area contributed by atoms with Crippen LogP contribution in [0.5, 0.6) is 0 Å². The van der Waals surface area contributed by atoms with Crippen LogP contribution in [0.3, 0.4) is 0 Å². The first-order valence-corrected chi connectivity index (χ1v) is 6.59. The molecule has 0 aliphatic carbocycles. The summed E-state index contributed by atoms with van der Waals surface area (Å²) in [6, 6.07) is 8.84. The van der Waals surface area contributed by atoms with Gasteiger partial charge in [-0.1, -0.05) is 34.1 Å². The quantitative estimate of drug-likeness (QED) is 0.459. The van der Waals surface area contributed by atoms with Gasteiger partial charge in [0.1, 0.15) is 0 Å². The first kappa shape index (κ1) is 14.6. The predicted molar refractivity (Wildman–Crippen MR) is 73.6 cm³/mol. The minimum absolute atomic E-state index is 0.0289. The molecular formula is C14H15BrO3. The summed E-state index contributed by atoms with van der Waals surface area (Å²) in [5.41, 5.74) is 1.24. The lowest BCUT2D eigenvalue weighted by atomic mass is 10.1. The van der Waals surface area contributed by atoms with E-state index in [9.17, 15) is 9.59 Å². The number of hydrogen-bond donors (Lipinski definition) is 0. The molecule has 0 bridgehead atoms. The number of benzene rings is 1. The Morgan fingerprint density at radius 3 is 2.50 bits per heavy atom. The molecule has 0 amide bonds. The second-order valence-electron chi connectivity index (χ2n) is 3.80. The Labute approximate surface area is 115 Å². The number of ketones is 1. The minimum atomic E-state index is -0.331. The molecule has 1 aromatic carbocycles. The second-order valence-corrected chi connectivity index (χ2v) is 4.25. The van der Waals surface area contributed by atoms with E-state index in [2.05, 4.69) is 15.9 Å². The molecule has 0 N–H and O–H groups in total. The van der Waals surface area contributed by atoms with Crippen LogP contribution >= 0.6 is 15.9 Å². The third-order valence-electron chi connectivity index (χ3n) is 2.42. The summed E-state index contributed by atoms with van der Waals surface area (Å²) in [5, 5.41) is 0. The molecule has 96 valence electrons. The molecule has 0 heterocycles. The van der Waals surface area contributed by atoms with Crippen molar-refractivity contribution in [1.29, 1.82) is 0 Å². The zero-order valence-electron chi connectivity index (χ0n) is 10.2. The number of carbonyl (C=O) groups excluding carboxylic acids is 2. The highest BCUT2D eigenvalue weighted by Crippen LogP contribution is 2.09. The number of esters is 1. The van der Waals surface area contributed by atoms with Crippen molar-refractivity contribution in [2.45, 2.75) is 19.8 Å². The Balaban J connectivity index is 2.31. The lowest BCUT2D eigenvalue weighted by Gasteiger charge is -2.05. The van der Waals surface area contributed by atoms with Gasteiger partial charge in [0.25, 0.3) is 0 Å². The van der Waals surface area contributed by atoms with Crippen molar-refractivity contribution >= 4 is 27.7 Å². The molecular weight excluding hydrogens is 296 g/mol. The highest BCUT2D eigenvalue weighted by atomic mass is 79.9. The maximum Gasteiger partial charge on any atom is 0.338 e. The Kier molecular flexibility index (Phi) is 6.36. The standard InChI is InChI=1S/C14H15BrO3/c1-11(16)13(10-15)8-5-9-18-14(17)12-6-3-2-4-7-12/h2-4,6-7,10H,5,8-9H2,1H3/b13-10+. The number of halogens is 1. The van der Waals surface area contributed by atoms with Crippen LogP contribution in [0.4, 0.5) is 0 Å². The molecule has 0 aliphatic heterocycles. The molecule has 0 unspecified atom stereocenters. The fourth-order valence-corrected chi connectivity index (χ4v) is 1.94. The third-order valence-corrected chi connectivity index (χ3v) is 2.97. The van der Waals surface area contributed by atoms with Crippen molar-refractivity contribution in [3.63, 3.8) is 0 Å². The van der Waals surface area contributed by atoms with Crippen molar-refractivity contribution in [3.05, 3.63) is 46.5 Å². The van der Waals surface area contributed by atoms with Gasteiger partial charge in [-0.25, -0.2) is 4.79 Å². The van der Waals surface area contributed by atoms with E-state index >= 15 is 0 Å². The van der Waals surface area contributed by atoms with E-state index in [1.165, 1.54) is 6.92 Å². The maximum atomic E-state index is 11.6. The molecule has 0 saturated carbocycles. The van der Waals surface area contributed by atoms with Gasteiger partial charge in [-0.2, -0.15) is 0 Å². The van der Waals surface area contributed by atoms with Crippen LogP contribution in [0.15, 0.2) is 40.9 Å². The summed E-state index contributed by atoms with van der Waals surface area (Å²) in [6.07, 6.45) is 1.23. The molecule has 0 saturated heterocycles. The average Bonchev–Trinajstić information content (AvgIpc) is 2.39. The second kappa shape index (κ2) is 7.82. The van der Waals surface area contributed by atoms with Gasteiger partial charge in [0.05, 0.1) is 12.2 Å². The predicted octanol–water partition coefficient (Wildman–Crippen LogP) is 3.49. The molecule has 3 nitrogen and oxygen atoms in total. The SMILES string of the molecule is CC(=O)/C(=C/Br)CCCOC(=O)c1ccccc1. The largest absolute Gasteiger partial charge is 0.462 e. The number of allylic oxidation sites excluding steroid dienone is 1. The summed E-state index contributed by atoms with van der Waals surface area (Å²) < 4.78 is 5.11. The summed E-state index contributed by atoms with van der Waals surface area (Å²) in [5.74, 6) is -0.302. The highest BCUT2D eigenvalue weighted by molar-refractivity contribution is 9.11. The molecule has 4 heteroatoms. The van der Waals surface area contributed by atoms with Crippen molar-refractivity contribution in [2.24, 2.45) is 0 Å². The summed E-state index contributed by atoms with van der Waals surface area (Å²) >= 11 is 3.14. The third kappa shape index (κ3) is 4.84. The molecule has 18 heavy (non-hydrogen) atoms. The zero-order chi connectivity index (χ0) is 13.4. The van der Waals surface area contributed by atoms with E-state index < -0.39 is 0 Å². The van der Waals surface area contributed by atoms with Gasteiger partial charge in [0.15, 0.2) is 5.78 Å². The van der Waals surface area contributed by atoms with Gasteiger partial charge in [-0.05, 0) is 36.9 Å². The monoisotopic (exact) mass is 310 g/mol. The zero-order valence-corrected chi connectivity index (χ0v) is 11.8. The summed E-state index contributed by atoms with van der Waals surface area (Å²) in [7, 11) is 0. The normalized spacial score (nSPS) is 11.1. The number of rotatable bonds is 6. The molecule has 1 rings (SSSR count). The Hall–Kier alpha value is -1.42. The molecule has 0 aromatic heterocycles. The van der Waals surface area contributed by atoms with Gasteiger partial charge in [-0.3, -0.25) is 4.79 Å². The number of hydrogen-bond acceptors (Lipinski definition) is 3. The van der Waals surface area contributed by atoms with Gasteiger partial charge < -0.3 is 4.74 Å². The van der Waals surface area contributed by atoms with Crippen LogP contribution in [-0.2, 0) is 9.53 Å². The van der Waals surface area contributed by atoms with Crippen LogP contribution in [0.1, 0.15) is 30.1 Å². The lowest BCUT2D eigenvalue weighted by molar-refractivity contribution is -0.113. The minimum Gasteiger partial charge on any atom is -0.462 e. The van der Waals surface area contributed by atoms with E-state index in [1.807, 2.05) is 6.07 Å². The van der Waals surface area contributed by atoms with Crippen LogP contribution in [-0.4, -0.2) is 18.4 Å². The number of carbonyl (C=O) groups is 2. The van der Waals surface area contributed by atoms with Gasteiger partial charge in [0, 0.05) is 5.57 Å². The van der Waals surface area contributed by atoms with E-state index in [4.69, 9.17) is 4.74 Å².